The van der Waals surface area contributed by atoms with Gasteiger partial charge in [0.05, 0.1) is 16.1 Å². The number of anilines is 2. The number of carboxylic acids is 1. The zero-order chi connectivity index (χ0) is 15.6. The molecule has 0 saturated heterocycles. The Kier molecular flexibility index (Phi) is 5.84. The first-order chi connectivity index (χ1) is 9.81. The number of nitrogens with one attached hydrogen (secondary N) is 1. The molecule has 0 heterocycles. The molecule has 4 N–H and O–H groups in total. The molecule has 0 aromatic heterocycles. The van der Waals surface area contributed by atoms with Crippen LogP contribution in [0.15, 0.2) is 47.4 Å². The van der Waals surface area contributed by atoms with E-state index < -0.39 is 21.7 Å². The molecule has 2 rings (SSSR count). The number of hydrogen-bond donors (Lipinski definition) is 3. The van der Waals surface area contributed by atoms with E-state index in [2.05, 4.69) is 4.72 Å². The molecule has 0 bridgehead atoms. The number of carbonyl (C=O) groups is 1. The molecule has 0 saturated carbocycles. The maximum absolute atomic E-state index is 12.2. The number of sulfonamides is 1. The van der Waals surface area contributed by atoms with Crippen molar-refractivity contribution in [2.75, 3.05) is 10.5 Å². The van der Waals surface area contributed by atoms with Crippen LogP contribution in [0.2, 0.25) is 0 Å². The molecule has 0 spiro atoms. The summed E-state index contributed by atoms with van der Waals surface area (Å²) in [7, 11) is -4.04. The summed E-state index contributed by atoms with van der Waals surface area (Å²) in [5, 5.41) is 20.2. The second-order valence-electron chi connectivity index (χ2n) is 4.16. The van der Waals surface area contributed by atoms with Crippen molar-refractivity contribution < 1.29 is 53.0 Å². The molecule has 0 fully saturated rings. The van der Waals surface area contributed by atoms with E-state index in [1.165, 1.54) is 24.3 Å². The van der Waals surface area contributed by atoms with Gasteiger partial charge in [0, 0.05) is 5.69 Å². The Morgan fingerprint density at radius 2 is 1.82 bits per heavy atom. The summed E-state index contributed by atoms with van der Waals surface area (Å²) in [6.07, 6.45) is 0. The molecule has 7 nitrogen and oxygen atoms in total. The van der Waals surface area contributed by atoms with Gasteiger partial charge < -0.3 is 15.9 Å². The molecule has 0 aliphatic heterocycles. The molecule has 22 heavy (non-hydrogen) atoms. The van der Waals surface area contributed by atoms with Gasteiger partial charge in [-0.05, 0) is 24.3 Å². The number of para-hydroxylation sites is 1. The molecule has 0 aliphatic rings. The van der Waals surface area contributed by atoms with Crippen LogP contribution in [0.5, 0.6) is 5.75 Å². The largest absolute Gasteiger partial charge is 1.00 e. The Labute approximate surface area is 149 Å². The third-order valence-electron chi connectivity index (χ3n) is 2.69. The van der Waals surface area contributed by atoms with Gasteiger partial charge in [-0.2, -0.15) is 0 Å². The number of carboxylic acid groups (broad SMARTS) is 1. The molecule has 110 valence electrons. The normalized spacial score (nSPS) is 10.5. The first kappa shape index (κ1) is 18.3. The number of nitrogens with two attached hydrogens (primary N) is 1. The van der Waals surface area contributed by atoms with Crippen molar-refractivity contribution in [2.45, 2.75) is 4.90 Å². The van der Waals surface area contributed by atoms with Gasteiger partial charge in [-0.15, -0.1) is 0 Å². The van der Waals surface area contributed by atoms with Crippen molar-refractivity contribution >= 4 is 27.4 Å². The smallest absolute Gasteiger partial charge is 0.871 e. The molecule has 0 aliphatic carbocycles. The fourth-order valence-electron chi connectivity index (χ4n) is 1.66. The summed E-state index contributed by atoms with van der Waals surface area (Å²) in [6.45, 7) is 0. The van der Waals surface area contributed by atoms with Crippen molar-refractivity contribution in [3.8, 4) is 5.75 Å². The molecule has 2 aromatic rings. The number of rotatable bonds is 4. The van der Waals surface area contributed by atoms with E-state index in [-0.39, 0.29) is 51.4 Å². The molecule has 0 unspecified atom stereocenters. The van der Waals surface area contributed by atoms with Gasteiger partial charge in [-0.3, -0.25) is 4.72 Å². The Hall–Kier alpha value is -1.74. The summed E-state index contributed by atoms with van der Waals surface area (Å²) in [4.78, 5) is 10.8. The Morgan fingerprint density at radius 1 is 1.18 bits per heavy atom. The second kappa shape index (κ2) is 7.01. The van der Waals surface area contributed by atoms with Crippen LogP contribution < -0.4 is 45.1 Å². The van der Waals surface area contributed by atoms with Gasteiger partial charge in [0.15, 0.2) is 0 Å². The molecular formula is C13H11N2NaO5S. The van der Waals surface area contributed by atoms with Crippen molar-refractivity contribution in [1.29, 1.82) is 0 Å². The van der Waals surface area contributed by atoms with Crippen LogP contribution in [0.1, 0.15) is 10.4 Å². The van der Waals surface area contributed by atoms with Crippen molar-refractivity contribution in [3.63, 3.8) is 0 Å². The minimum Gasteiger partial charge on any atom is -0.871 e. The van der Waals surface area contributed by atoms with Crippen LogP contribution in [0, 0.1) is 0 Å². The quantitative estimate of drug-likeness (QED) is 0.432. The SMILES string of the molecule is Nc1cc(S(=O)(=O)Nc2ccccc2C(=O)O)ccc1[O-].[Na+]. The van der Waals surface area contributed by atoms with Crippen LogP contribution >= 0.6 is 0 Å². The first-order valence-corrected chi connectivity index (χ1v) is 7.21. The maximum Gasteiger partial charge on any atom is 1.00 e. The number of benzene rings is 2. The van der Waals surface area contributed by atoms with Crippen LogP contribution in [0.3, 0.4) is 0 Å². The zero-order valence-corrected chi connectivity index (χ0v) is 14.4. The zero-order valence-electron chi connectivity index (χ0n) is 11.6. The average Bonchev–Trinajstić information content (AvgIpc) is 2.41. The monoisotopic (exact) mass is 330 g/mol. The summed E-state index contributed by atoms with van der Waals surface area (Å²) >= 11 is 0. The van der Waals surface area contributed by atoms with Crippen LogP contribution in [0.25, 0.3) is 0 Å². The molecule has 0 amide bonds. The Bertz CT molecular complexity index is 808. The maximum atomic E-state index is 12.2. The van der Waals surface area contributed by atoms with E-state index in [0.717, 1.165) is 18.2 Å². The van der Waals surface area contributed by atoms with Crippen molar-refractivity contribution in [1.82, 2.24) is 0 Å². The van der Waals surface area contributed by atoms with E-state index in [1.807, 2.05) is 0 Å². The van der Waals surface area contributed by atoms with Gasteiger partial charge in [-0.25, -0.2) is 13.2 Å². The van der Waals surface area contributed by atoms with E-state index in [9.17, 15) is 18.3 Å². The number of aromatic carboxylic acids is 1. The molecule has 0 atom stereocenters. The van der Waals surface area contributed by atoms with E-state index in [1.54, 1.807) is 0 Å². The van der Waals surface area contributed by atoms with Gasteiger partial charge >= 0.3 is 35.5 Å². The number of hydrogen-bond acceptors (Lipinski definition) is 5. The Morgan fingerprint density at radius 3 is 2.41 bits per heavy atom. The summed E-state index contributed by atoms with van der Waals surface area (Å²) in [5.74, 6) is -1.75. The second-order valence-corrected chi connectivity index (χ2v) is 5.84. The first-order valence-electron chi connectivity index (χ1n) is 5.73. The summed E-state index contributed by atoms with van der Waals surface area (Å²) < 4.78 is 26.5. The topological polar surface area (TPSA) is 133 Å². The van der Waals surface area contributed by atoms with E-state index >= 15 is 0 Å². The van der Waals surface area contributed by atoms with Crippen molar-refractivity contribution in [3.05, 3.63) is 48.0 Å². The number of nitrogen functional groups attached to an aromatic ring is 1. The Balaban J connectivity index is 0.00000242. The predicted molar refractivity (Wildman–Crippen MR) is 74.5 cm³/mol. The summed E-state index contributed by atoms with van der Waals surface area (Å²) in [6, 6.07) is 8.73. The molecular weight excluding hydrogens is 319 g/mol. The predicted octanol–water partition coefficient (Wildman–Crippen LogP) is -2.15. The van der Waals surface area contributed by atoms with Gasteiger partial charge in [0.2, 0.25) is 0 Å². The molecule has 0 radical (unpaired) electrons. The van der Waals surface area contributed by atoms with E-state index in [4.69, 9.17) is 10.8 Å². The molecule has 2 aromatic carbocycles. The van der Waals surface area contributed by atoms with Gasteiger partial charge in [0.25, 0.3) is 10.0 Å². The fourth-order valence-corrected chi connectivity index (χ4v) is 2.77. The van der Waals surface area contributed by atoms with Crippen molar-refractivity contribution in [2.24, 2.45) is 0 Å². The van der Waals surface area contributed by atoms with Crippen LogP contribution in [-0.2, 0) is 10.0 Å². The van der Waals surface area contributed by atoms with Crippen LogP contribution in [-0.4, -0.2) is 19.5 Å². The van der Waals surface area contributed by atoms with E-state index in [0.29, 0.717) is 0 Å². The van der Waals surface area contributed by atoms with Gasteiger partial charge in [0.1, 0.15) is 0 Å². The average molecular weight is 330 g/mol. The van der Waals surface area contributed by atoms with Crippen LogP contribution in [0.4, 0.5) is 11.4 Å². The fraction of sp³-hybridized carbons (Fsp3) is 0. The minimum absolute atomic E-state index is 0. The third-order valence-corrected chi connectivity index (χ3v) is 4.06. The third kappa shape index (κ3) is 3.92. The summed E-state index contributed by atoms with van der Waals surface area (Å²) in [5.41, 5.74) is 4.93. The standard InChI is InChI=1S/C13H12N2O5S.Na/c14-10-7-8(5-6-12(10)16)21(19,20)15-11-4-2-1-3-9(11)13(17)18;/h1-7,15-16H,14H2,(H,17,18);/q;+1/p-1. The van der Waals surface area contributed by atoms with Gasteiger partial charge in [-0.1, -0.05) is 23.9 Å². The minimum atomic E-state index is -4.04. The molecule has 9 heteroatoms.